The van der Waals surface area contributed by atoms with Gasteiger partial charge in [0.15, 0.2) is 11.5 Å². The van der Waals surface area contributed by atoms with E-state index in [0.29, 0.717) is 28.1 Å². The molecule has 2 aromatic rings. The molecule has 0 fully saturated rings. The molecule has 172 valence electrons. The average molecular weight is 531 g/mol. The van der Waals surface area contributed by atoms with E-state index < -0.39 is 17.6 Å². The van der Waals surface area contributed by atoms with E-state index in [-0.39, 0.29) is 30.3 Å². The van der Waals surface area contributed by atoms with Crippen molar-refractivity contribution in [1.82, 2.24) is 10.7 Å². The normalized spacial score (nSPS) is 10.8. The molecule has 2 aromatic carbocycles. The van der Waals surface area contributed by atoms with Crippen LogP contribution in [0.15, 0.2) is 39.9 Å². The zero-order valence-corrected chi connectivity index (χ0v) is 19.8. The number of carbonyl (C=O) groups excluding carboxylic acids is 2. The highest BCUT2D eigenvalue weighted by molar-refractivity contribution is 9.10. The number of halogens is 3. The number of benzene rings is 2. The minimum Gasteiger partial charge on any atom is -0.490 e. The number of methoxy groups -OCH3 is 1. The van der Waals surface area contributed by atoms with Crippen LogP contribution in [0.5, 0.6) is 11.5 Å². The maximum absolute atomic E-state index is 14.0. The van der Waals surface area contributed by atoms with Gasteiger partial charge in [0.05, 0.1) is 28.9 Å². The number of hydrogen-bond donors (Lipinski definition) is 2. The fourth-order valence-corrected chi connectivity index (χ4v) is 3.23. The lowest BCUT2D eigenvalue weighted by molar-refractivity contribution is -0.139. The van der Waals surface area contributed by atoms with Crippen LogP contribution in [-0.2, 0) is 20.9 Å². The molecule has 0 saturated carbocycles. The summed E-state index contributed by atoms with van der Waals surface area (Å²) in [6.07, 6.45) is 1.34. The van der Waals surface area contributed by atoms with Crippen LogP contribution in [0.25, 0.3) is 0 Å². The summed E-state index contributed by atoms with van der Waals surface area (Å²) in [5.74, 6) is -1.49. The second-order valence-electron chi connectivity index (χ2n) is 6.20. The Hall–Kier alpha value is -2.69. The Morgan fingerprint density at radius 2 is 2.03 bits per heavy atom. The van der Waals surface area contributed by atoms with Gasteiger partial charge in [-0.05, 0) is 52.7 Å². The first-order chi connectivity index (χ1) is 15.4. The summed E-state index contributed by atoms with van der Waals surface area (Å²) >= 11 is 9.45. The Balaban J connectivity index is 2.10. The van der Waals surface area contributed by atoms with E-state index >= 15 is 0 Å². The van der Waals surface area contributed by atoms with Gasteiger partial charge in [-0.15, -0.1) is 0 Å². The van der Waals surface area contributed by atoms with Crippen LogP contribution in [0.2, 0.25) is 5.02 Å². The summed E-state index contributed by atoms with van der Waals surface area (Å²) in [5.41, 5.74) is 2.91. The van der Waals surface area contributed by atoms with Gasteiger partial charge in [-0.1, -0.05) is 17.7 Å². The second-order valence-corrected chi connectivity index (χ2v) is 7.46. The number of amides is 2. The van der Waals surface area contributed by atoms with E-state index in [9.17, 15) is 14.0 Å². The Morgan fingerprint density at radius 3 is 2.72 bits per heavy atom. The lowest BCUT2D eigenvalue weighted by Crippen LogP contribution is -2.39. The molecule has 0 saturated heterocycles. The van der Waals surface area contributed by atoms with Gasteiger partial charge in [-0.25, -0.2) is 9.82 Å². The standard InChI is InChI=1S/C21H22BrClFN3O5/c1-3-31-18-10-13(11-26-27-21(29)20(28)25-7-8-30-2)9-15(22)19(18)32-12-14-16(23)5-4-6-17(14)24/h4-6,9-11H,3,7-8,12H2,1-2H3,(H,25,28)(H,27,29)/b26-11-. The summed E-state index contributed by atoms with van der Waals surface area (Å²) in [6.45, 7) is 2.54. The van der Waals surface area contributed by atoms with Crippen LogP contribution < -0.4 is 20.2 Å². The molecule has 0 heterocycles. The highest BCUT2D eigenvalue weighted by Gasteiger charge is 2.15. The van der Waals surface area contributed by atoms with Crippen LogP contribution >= 0.6 is 27.5 Å². The van der Waals surface area contributed by atoms with Crippen molar-refractivity contribution < 1.29 is 28.2 Å². The van der Waals surface area contributed by atoms with Gasteiger partial charge in [0.25, 0.3) is 0 Å². The molecule has 8 nitrogen and oxygen atoms in total. The Bertz CT molecular complexity index is 970. The first kappa shape index (κ1) is 25.6. The molecule has 0 aliphatic heterocycles. The van der Waals surface area contributed by atoms with Gasteiger partial charge in [0, 0.05) is 19.2 Å². The molecule has 0 spiro atoms. The van der Waals surface area contributed by atoms with E-state index in [2.05, 4.69) is 31.8 Å². The first-order valence-corrected chi connectivity index (χ1v) is 10.7. The van der Waals surface area contributed by atoms with Crippen molar-refractivity contribution in [2.75, 3.05) is 26.9 Å². The smallest absolute Gasteiger partial charge is 0.329 e. The van der Waals surface area contributed by atoms with Crippen molar-refractivity contribution in [3.63, 3.8) is 0 Å². The lowest BCUT2D eigenvalue weighted by atomic mass is 10.2. The van der Waals surface area contributed by atoms with Crippen molar-refractivity contribution >= 4 is 45.6 Å². The molecule has 2 amide bonds. The van der Waals surface area contributed by atoms with E-state index in [1.165, 1.54) is 25.5 Å². The Labute approximate surface area is 198 Å². The molecule has 0 atom stereocenters. The quantitative estimate of drug-likeness (QED) is 0.212. The van der Waals surface area contributed by atoms with Gasteiger partial charge in [-0.3, -0.25) is 9.59 Å². The van der Waals surface area contributed by atoms with Crippen LogP contribution in [0, 0.1) is 5.82 Å². The van der Waals surface area contributed by atoms with Crippen molar-refractivity contribution in [3.05, 3.63) is 56.8 Å². The number of rotatable bonds is 10. The predicted molar refractivity (Wildman–Crippen MR) is 122 cm³/mol. The summed E-state index contributed by atoms with van der Waals surface area (Å²) in [4.78, 5) is 23.3. The topological polar surface area (TPSA) is 98.2 Å². The SMILES string of the molecule is CCOc1cc(/C=N\NC(=O)C(=O)NCCOC)cc(Br)c1OCc1c(F)cccc1Cl. The van der Waals surface area contributed by atoms with Crippen molar-refractivity contribution in [2.24, 2.45) is 5.10 Å². The Morgan fingerprint density at radius 1 is 1.25 bits per heavy atom. The fraction of sp³-hybridized carbons (Fsp3) is 0.286. The molecule has 11 heteroatoms. The molecule has 0 bridgehead atoms. The van der Waals surface area contributed by atoms with E-state index in [4.69, 9.17) is 25.8 Å². The van der Waals surface area contributed by atoms with Gasteiger partial charge in [0.2, 0.25) is 0 Å². The number of carbonyl (C=O) groups is 2. The molecule has 0 unspecified atom stereocenters. The van der Waals surface area contributed by atoms with Gasteiger partial charge in [-0.2, -0.15) is 5.10 Å². The highest BCUT2D eigenvalue weighted by Crippen LogP contribution is 2.37. The van der Waals surface area contributed by atoms with E-state index in [1.54, 1.807) is 25.1 Å². The van der Waals surface area contributed by atoms with E-state index in [0.717, 1.165) is 0 Å². The van der Waals surface area contributed by atoms with Gasteiger partial charge < -0.3 is 19.5 Å². The minimum atomic E-state index is -0.914. The minimum absolute atomic E-state index is 0.105. The maximum atomic E-state index is 14.0. The summed E-state index contributed by atoms with van der Waals surface area (Å²) in [5, 5.41) is 6.41. The van der Waals surface area contributed by atoms with E-state index in [1.807, 2.05) is 0 Å². The van der Waals surface area contributed by atoms with Crippen LogP contribution in [0.4, 0.5) is 4.39 Å². The van der Waals surface area contributed by atoms with Crippen molar-refractivity contribution in [3.8, 4) is 11.5 Å². The molecule has 32 heavy (non-hydrogen) atoms. The third-order valence-electron chi connectivity index (χ3n) is 3.93. The first-order valence-electron chi connectivity index (χ1n) is 9.49. The number of nitrogens with one attached hydrogen (secondary N) is 2. The summed E-state index contributed by atoms with van der Waals surface area (Å²) < 4.78 is 30.7. The summed E-state index contributed by atoms with van der Waals surface area (Å²) in [6, 6.07) is 7.68. The molecule has 2 rings (SSSR count). The third-order valence-corrected chi connectivity index (χ3v) is 4.88. The predicted octanol–water partition coefficient (Wildman–Crippen LogP) is 3.43. The largest absolute Gasteiger partial charge is 0.490 e. The monoisotopic (exact) mass is 529 g/mol. The zero-order valence-electron chi connectivity index (χ0n) is 17.4. The molecule has 0 aliphatic carbocycles. The van der Waals surface area contributed by atoms with Crippen LogP contribution in [0.3, 0.4) is 0 Å². The number of ether oxygens (including phenoxy) is 3. The Kier molecular flexibility index (Phi) is 10.4. The average Bonchev–Trinajstić information content (AvgIpc) is 2.75. The number of nitrogens with zero attached hydrogens (tertiary/aromatic N) is 1. The van der Waals surface area contributed by atoms with Crippen molar-refractivity contribution in [1.29, 1.82) is 0 Å². The van der Waals surface area contributed by atoms with Gasteiger partial charge >= 0.3 is 11.8 Å². The molecule has 0 aliphatic rings. The number of hydrazone groups is 1. The molecule has 0 radical (unpaired) electrons. The molecular formula is C21H22BrClFN3O5. The molecular weight excluding hydrogens is 509 g/mol. The van der Waals surface area contributed by atoms with Gasteiger partial charge in [0.1, 0.15) is 12.4 Å². The van der Waals surface area contributed by atoms with Crippen molar-refractivity contribution in [2.45, 2.75) is 13.5 Å². The number of hydrogen-bond acceptors (Lipinski definition) is 6. The van der Waals surface area contributed by atoms with Crippen LogP contribution in [0.1, 0.15) is 18.1 Å². The summed E-state index contributed by atoms with van der Waals surface area (Å²) in [7, 11) is 1.48. The molecule has 0 aromatic heterocycles. The maximum Gasteiger partial charge on any atom is 0.329 e. The fourth-order valence-electron chi connectivity index (χ4n) is 2.44. The molecule has 2 N–H and O–H groups in total. The zero-order chi connectivity index (χ0) is 23.5. The second kappa shape index (κ2) is 13.0. The van der Waals surface area contributed by atoms with Crippen LogP contribution in [-0.4, -0.2) is 44.9 Å². The lowest BCUT2D eigenvalue weighted by Gasteiger charge is -2.15. The third kappa shape index (κ3) is 7.47. The highest BCUT2D eigenvalue weighted by atomic mass is 79.9.